The summed E-state index contributed by atoms with van der Waals surface area (Å²) in [5.41, 5.74) is 12.3. The van der Waals surface area contributed by atoms with E-state index in [-0.39, 0.29) is 5.91 Å². The molecule has 3 fully saturated rings. The predicted molar refractivity (Wildman–Crippen MR) is 176 cm³/mol. The molecule has 43 heavy (non-hydrogen) atoms. The van der Waals surface area contributed by atoms with Crippen LogP contribution in [-0.2, 0) is 29.5 Å². The zero-order chi connectivity index (χ0) is 29.5. The first-order chi connectivity index (χ1) is 21.1. The maximum absolute atomic E-state index is 13.8. The van der Waals surface area contributed by atoms with Crippen LogP contribution in [0.3, 0.4) is 0 Å². The number of benzene rings is 3. The van der Waals surface area contributed by atoms with E-state index in [0.29, 0.717) is 17.8 Å². The van der Waals surface area contributed by atoms with Crippen molar-refractivity contribution in [2.75, 3.05) is 39.3 Å². The van der Waals surface area contributed by atoms with Crippen LogP contribution in [0.1, 0.15) is 71.9 Å². The fourth-order valence-electron chi connectivity index (χ4n) is 7.86. The molecule has 5 N–H and O–H groups in total. The average Bonchev–Trinajstić information content (AvgIpc) is 3.05. The lowest BCUT2D eigenvalue weighted by molar-refractivity contribution is -0.120. The minimum absolute atomic E-state index is 0.323. The fraction of sp³-hybridized carbons (Fsp3) is 0.500. The van der Waals surface area contributed by atoms with E-state index < -0.39 is 5.41 Å². The van der Waals surface area contributed by atoms with Gasteiger partial charge in [-0.25, -0.2) is 0 Å². The quantitative estimate of drug-likeness (QED) is 0.252. The van der Waals surface area contributed by atoms with Crippen LogP contribution in [0.15, 0.2) is 72.8 Å². The number of rotatable bonds is 10. The molecule has 5 nitrogen and oxygen atoms in total. The monoisotopic (exact) mass is 578 g/mol. The highest BCUT2D eigenvalue weighted by Crippen LogP contribution is 2.40. The van der Waals surface area contributed by atoms with Crippen molar-refractivity contribution in [1.82, 2.24) is 16.0 Å². The molecular weight excluding hydrogens is 528 g/mol. The van der Waals surface area contributed by atoms with Gasteiger partial charge in [-0.05, 0) is 148 Å². The zero-order valence-electron chi connectivity index (χ0n) is 25.8. The third kappa shape index (κ3) is 7.06. The molecule has 0 saturated carbocycles. The van der Waals surface area contributed by atoms with Crippen LogP contribution in [0.25, 0.3) is 0 Å². The van der Waals surface area contributed by atoms with Crippen molar-refractivity contribution in [3.63, 3.8) is 0 Å². The van der Waals surface area contributed by atoms with E-state index in [1.165, 1.54) is 55.2 Å². The Balaban J connectivity index is 1.32. The molecule has 3 saturated heterocycles. The van der Waals surface area contributed by atoms with Crippen LogP contribution in [0.5, 0.6) is 0 Å². The van der Waals surface area contributed by atoms with Crippen LogP contribution in [0.4, 0.5) is 0 Å². The Morgan fingerprint density at radius 3 is 1.00 bits per heavy atom. The van der Waals surface area contributed by atoms with Crippen LogP contribution < -0.4 is 21.7 Å². The second-order valence-electron chi connectivity index (χ2n) is 13.4. The van der Waals surface area contributed by atoms with Gasteiger partial charge >= 0.3 is 0 Å². The molecule has 0 atom stereocenters. The number of carbonyl (C=O) groups is 1. The minimum Gasteiger partial charge on any atom is -0.368 e. The van der Waals surface area contributed by atoms with Crippen LogP contribution in [0, 0.1) is 17.8 Å². The van der Waals surface area contributed by atoms with Gasteiger partial charge in [0.05, 0.1) is 0 Å². The van der Waals surface area contributed by atoms with Gasteiger partial charge in [-0.15, -0.1) is 0 Å². The molecule has 0 spiro atoms. The molecular formula is C38H50N4O. The van der Waals surface area contributed by atoms with Crippen molar-refractivity contribution in [3.8, 4) is 0 Å². The van der Waals surface area contributed by atoms with E-state index in [4.69, 9.17) is 5.73 Å². The highest BCUT2D eigenvalue weighted by atomic mass is 16.1. The van der Waals surface area contributed by atoms with Gasteiger partial charge in [0.15, 0.2) is 0 Å². The Labute approximate surface area is 258 Å². The molecule has 228 valence electrons. The molecule has 0 aliphatic carbocycles. The topological polar surface area (TPSA) is 79.2 Å². The summed E-state index contributed by atoms with van der Waals surface area (Å²) >= 11 is 0. The molecule has 0 bridgehead atoms. The number of nitrogens with two attached hydrogens (primary N) is 1. The summed E-state index contributed by atoms with van der Waals surface area (Å²) in [6.07, 6.45) is 10.6. The van der Waals surface area contributed by atoms with Gasteiger partial charge in [0.1, 0.15) is 5.41 Å². The SMILES string of the molecule is NC(=O)C(c1ccc(CC2CCNCC2)cc1)(c1ccc(CC2CCNCC2)cc1)c1ccc(CC2CCNCC2)cc1. The van der Waals surface area contributed by atoms with Gasteiger partial charge in [0.2, 0.25) is 5.91 Å². The van der Waals surface area contributed by atoms with Gasteiger partial charge in [0.25, 0.3) is 0 Å². The van der Waals surface area contributed by atoms with Crippen LogP contribution >= 0.6 is 0 Å². The van der Waals surface area contributed by atoms with Crippen molar-refractivity contribution < 1.29 is 4.79 Å². The lowest BCUT2D eigenvalue weighted by atomic mass is 9.68. The third-order valence-electron chi connectivity index (χ3n) is 10.5. The van der Waals surface area contributed by atoms with Crippen molar-refractivity contribution in [2.45, 2.75) is 63.2 Å². The number of hydrogen-bond acceptors (Lipinski definition) is 4. The molecule has 3 aliphatic rings. The normalized spacial score (nSPS) is 19.3. The predicted octanol–water partition coefficient (Wildman–Crippen LogP) is 5.13. The summed E-state index contributed by atoms with van der Waals surface area (Å²) in [5.74, 6) is 1.82. The average molecular weight is 579 g/mol. The number of piperidine rings is 3. The van der Waals surface area contributed by atoms with Gasteiger partial charge < -0.3 is 21.7 Å². The Hall–Kier alpha value is -2.99. The Morgan fingerprint density at radius 2 is 0.767 bits per heavy atom. The summed E-state index contributed by atoms with van der Waals surface area (Å²) in [6.45, 7) is 6.64. The summed E-state index contributed by atoms with van der Waals surface area (Å²) in [6, 6.07) is 26.3. The smallest absolute Gasteiger partial charge is 0.237 e. The standard InChI is InChI=1S/C38H50N4O/c39-37(43)38(34-7-1-28(2-8-34)25-31-13-19-40-20-14-31,35-9-3-29(4-10-35)26-32-15-21-41-22-16-32)36-11-5-30(6-12-36)27-33-17-23-42-24-18-33/h1-12,31-33,40-42H,13-27H2,(H2,39,43). The molecule has 0 aromatic heterocycles. The highest BCUT2D eigenvalue weighted by molar-refractivity contribution is 5.95. The van der Waals surface area contributed by atoms with Gasteiger partial charge in [-0.1, -0.05) is 72.8 Å². The Morgan fingerprint density at radius 1 is 0.512 bits per heavy atom. The molecule has 3 heterocycles. The van der Waals surface area contributed by atoms with E-state index in [1.54, 1.807) is 0 Å². The van der Waals surface area contributed by atoms with E-state index in [2.05, 4.69) is 88.7 Å². The largest absolute Gasteiger partial charge is 0.368 e. The number of carbonyl (C=O) groups excluding carboxylic acids is 1. The number of hydrogen-bond donors (Lipinski definition) is 4. The minimum atomic E-state index is -1.05. The fourth-order valence-corrected chi connectivity index (χ4v) is 7.86. The molecule has 0 radical (unpaired) electrons. The van der Waals surface area contributed by atoms with E-state index in [1.807, 2.05) is 0 Å². The van der Waals surface area contributed by atoms with E-state index in [9.17, 15) is 4.79 Å². The van der Waals surface area contributed by atoms with E-state index >= 15 is 0 Å². The van der Waals surface area contributed by atoms with Crippen molar-refractivity contribution in [2.24, 2.45) is 23.5 Å². The lowest BCUT2D eigenvalue weighted by Crippen LogP contribution is -2.43. The first-order valence-corrected chi connectivity index (χ1v) is 16.8. The first kappa shape index (κ1) is 30.1. The zero-order valence-corrected chi connectivity index (χ0v) is 25.8. The second kappa shape index (κ2) is 14.2. The molecule has 6 rings (SSSR count). The van der Waals surface area contributed by atoms with Crippen LogP contribution in [-0.4, -0.2) is 45.2 Å². The van der Waals surface area contributed by atoms with Crippen molar-refractivity contribution in [3.05, 3.63) is 106 Å². The number of nitrogens with one attached hydrogen (secondary N) is 3. The number of primary amides is 1. The maximum atomic E-state index is 13.8. The first-order valence-electron chi connectivity index (χ1n) is 16.8. The molecule has 3 aromatic carbocycles. The third-order valence-corrected chi connectivity index (χ3v) is 10.5. The van der Waals surface area contributed by atoms with Gasteiger partial charge in [-0.3, -0.25) is 4.79 Å². The summed E-state index contributed by atoms with van der Waals surface area (Å²) in [4.78, 5) is 13.8. The Bertz CT molecular complexity index is 1150. The number of amides is 1. The molecule has 3 aromatic rings. The molecule has 5 heteroatoms. The molecule has 1 amide bonds. The Kier molecular flexibility index (Phi) is 9.92. The highest BCUT2D eigenvalue weighted by Gasteiger charge is 2.42. The second-order valence-corrected chi connectivity index (χ2v) is 13.4. The summed E-state index contributed by atoms with van der Waals surface area (Å²) < 4.78 is 0. The van der Waals surface area contributed by atoms with Gasteiger partial charge in [0, 0.05) is 0 Å². The maximum Gasteiger partial charge on any atom is 0.237 e. The van der Waals surface area contributed by atoms with Gasteiger partial charge in [-0.2, -0.15) is 0 Å². The molecule has 3 aliphatic heterocycles. The lowest BCUT2D eigenvalue weighted by Gasteiger charge is -2.33. The van der Waals surface area contributed by atoms with Crippen molar-refractivity contribution in [1.29, 1.82) is 0 Å². The van der Waals surface area contributed by atoms with Crippen molar-refractivity contribution >= 4 is 5.91 Å². The van der Waals surface area contributed by atoms with Crippen LogP contribution in [0.2, 0.25) is 0 Å². The van der Waals surface area contributed by atoms with E-state index in [0.717, 1.165) is 75.2 Å². The molecule has 0 unspecified atom stereocenters. The summed E-state index contributed by atoms with van der Waals surface area (Å²) in [7, 11) is 0. The summed E-state index contributed by atoms with van der Waals surface area (Å²) in [5, 5.41) is 10.4.